The van der Waals surface area contributed by atoms with Crippen LogP contribution in [0.15, 0.2) is 47.5 Å². The SMILES string of the molecule is CCOc1ccc(C=Nc2ccc(CC)cc2)cc1I. The van der Waals surface area contributed by atoms with Gasteiger partial charge in [-0.1, -0.05) is 19.1 Å². The highest BCUT2D eigenvalue weighted by molar-refractivity contribution is 14.1. The van der Waals surface area contributed by atoms with E-state index >= 15 is 0 Å². The Bertz CT molecular complexity index is 590. The van der Waals surface area contributed by atoms with Crippen molar-refractivity contribution in [3.05, 3.63) is 57.2 Å². The average molecular weight is 379 g/mol. The maximum absolute atomic E-state index is 5.53. The molecule has 0 aromatic heterocycles. The maximum Gasteiger partial charge on any atom is 0.132 e. The molecule has 2 rings (SSSR count). The molecule has 2 aromatic carbocycles. The molecule has 0 radical (unpaired) electrons. The van der Waals surface area contributed by atoms with Gasteiger partial charge >= 0.3 is 0 Å². The van der Waals surface area contributed by atoms with E-state index in [1.54, 1.807) is 0 Å². The van der Waals surface area contributed by atoms with Crippen molar-refractivity contribution in [1.82, 2.24) is 0 Å². The highest BCUT2D eigenvalue weighted by Gasteiger charge is 2.00. The highest BCUT2D eigenvalue weighted by atomic mass is 127. The van der Waals surface area contributed by atoms with Crippen LogP contribution in [0.1, 0.15) is 25.0 Å². The van der Waals surface area contributed by atoms with Crippen LogP contribution in [-0.4, -0.2) is 12.8 Å². The Morgan fingerprint density at radius 3 is 2.45 bits per heavy atom. The Morgan fingerprint density at radius 2 is 1.85 bits per heavy atom. The van der Waals surface area contributed by atoms with Crippen molar-refractivity contribution in [1.29, 1.82) is 0 Å². The molecule has 0 aliphatic rings. The minimum atomic E-state index is 0.688. The maximum atomic E-state index is 5.53. The molecule has 0 spiro atoms. The zero-order chi connectivity index (χ0) is 14.4. The molecule has 0 saturated heterocycles. The standard InChI is InChI=1S/C17H18INO/c1-3-13-5-8-15(9-6-13)19-12-14-7-10-17(20-4-2)16(18)11-14/h5-12H,3-4H2,1-2H3. The second-order valence-electron chi connectivity index (χ2n) is 4.40. The van der Waals surface area contributed by atoms with E-state index in [1.165, 1.54) is 5.56 Å². The molecule has 0 heterocycles. The minimum Gasteiger partial charge on any atom is -0.493 e. The molecular weight excluding hydrogens is 361 g/mol. The first kappa shape index (κ1) is 15.0. The molecule has 20 heavy (non-hydrogen) atoms. The molecule has 0 unspecified atom stereocenters. The Morgan fingerprint density at radius 1 is 1.10 bits per heavy atom. The number of aliphatic imine (C=N–C) groups is 1. The van der Waals surface area contributed by atoms with Crippen LogP contribution in [0.5, 0.6) is 5.75 Å². The van der Waals surface area contributed by atoms with Gasteiger partial charge in [-0.05, 0) is 77.4 Å². The minimum absolute atomic E-state index is 0.688. The van der Waals surface area contributed by atoms with Crippen molar-refractivity contribution < 1.29 is 4.74 Å². The van der Waals surface area contributed by atoms with Crippen LogP contribution < -0.4 is 4.74 Å². The van der Waals surface area contributed by atoms with Gasteiger partial charge in [0.05, 0.1) is 15.9 Å². The summed E-state index contributed by atoms with van der Waals surface area (Å²) in [6.07, 6.45) is 2.94. The molecule has 0 bridgehead atoms. The number of ether oxygens (including phenoxy) is 1. The summed E-state index contributed by atoms with van der Waals surface area (Å²) in [4.78, 5) is 4.50. The number of benzene rings is 2. The fourth-order valence-corrected chi connectivity index (χ4v) is 2.53. The van der Waals surface area contributed by atoms with Gasteiger partial charge in [0, 0.05) is 6.21 Å². The van der Waals surface area contributed by atoms with E-state index < -0.39 is 0 Å². The molecular formula is C17H18INO. The van der Waals surface area contributed by atoms with Crippen LogP contribution >= 0.6 is 22.6 Å². The number of hydrogen-bond acceptors (Lipinski definition) is 2. The van der Waals surface area contributed by atoms with Crippen molar-refractivity contribution in [2.45, 2.75) is 20.3 Å². The van der Waals surface area contributed by atoms with E-state index in [-0.39, 0.29) is 0 Å². The van der Waals surface area contributed by atoms with Crippen LogP contribution in [0.25, 0.3) is 0 Å². The zero-order valence-corrected chi connectivity index (χ0v) is 13.9. The van der Waals surface area contributed by atoms with E-state index in [9.17, 15) is 0 Å². The number of aryl methyl sites for hydroxylation is 1. The van der Waals surface area contributed by atoms with Crippen molar-refractivity contribution in [2.75, 3.05) is 6.61 Å². The number of halogens is 1. The Balaban J connectivity index is 2.12. The van der Waals surface area contributed by atoms with Gasteiger partial charge in [0.15, 0.2) is 0 Å². The lowest BCUT2D eigenvalue weighted by molar-refractivity contribution is 0.338. The monoisotopic (exact) mass is 379 g/mol. The molecule has 2 aromatic rings. The Labute approximate surface area is 134 Å². The lowest BCUT2D eigenvalue weighted by atomic mass is 10.1. The van der Waals surface area contributed by atoms with E-state index in [0.717, 1.165) is 27.0 Å². The van der Waals surface area contributed by atoms with Crippen LogP contribution in [0, 0.1) is 3.57 Å². The van der Waals surface area contributed by atoms with Crippen molar-refractivity contribution in [3.8, 4) is 5.75 Å². The molecule has 0 fully saturated rings. The fourth-order valence-electron chi connectivity index (χ4n) is 1.84. The number of nitrogens with zero attached hydrogens (tertiary/aromatic N) is 1. The van der Waals surface area contributed by atoms with Crippen LogP contribution in [0.3, 0.4) is 0 Å². The van der Waals surface area contributed by atoms with Crippen molar-refractivity contribution >= 4 is 34.5 Å². The van der Waals surface area contributed by atoms with Gasteiger partial charge in [0.1, 0.15) is 5.75 Å². The van der Waals surface area contributed by atoms with Gasteiger partial charge in [-0.15, -0.1) is 0 Å². The quantitative estimate of drug-likeness (QED) is 0.529. The van der Waals surface area contributed by atoms with Gasteiger partial charge in [-0.3, -0.25) is 4.99 Å². The van der Waals surface area contributed by atoms with E-state index in [1.807, 2.05) is 25.3 Å². The van der Waals surface area contributed by atoms with E-state index in [0.29, 0.717) is 6.61 Å². The number of hydrogen-bond donors (Lipinski definition) is 0. The van der Waals surface area contributed by atoms with Gasteiger partial charge in [-0.25, -0.2) is 0 Å². The third-order valence-corrected chi connectivity index (χ3v) is 3.81. The van der Waals surface area contributed by atoms with Crippen molar-refractivity contribution in [2.24, 2.45) is 4.99 Å². The summed E-state index contributed by atoms with van der Waals surface area (Å²) in [5.74, 6) is 0.928. The first-order valence-corrected chi connectivity index (χ1v) is 7.86. The summed E-state index contributed by atoms with van der Waals surface area (Å²) < 4.78 is 6.63. The predicted octanol–water partition coefficient (Wildman–Crippen LogP) is 5.00. The molecule has 0 N–H and O–H groups in total. The number of rotatable bonds is 5. The Kier molecular flexibility index (Phi) is 5.59. The topological polar surface area (TPSA) is 21.6 Å². The van der Waals surface area contributed by atoms with Crippen LogP contribution in [0.2, 0.25) is 0 Å². The van der Waals surface area contributed by atoms with Crippen molar-refractivity contribution in [3.63, 3.8) is 0 Å². The average Bonchev–Trinajstić information content (AvgIpc) is 2.48. The van der Waals surface area contributed by atoms with Gasteiger partial charge in [-0.2, -0.15) is 0 Å². The van der Waals surface area contributed by atoms with E-state index in [2.05, 4.69) is 64.8 Å². The first-order valence-electron chi connectivity index (χ1n) is 6.78. The summed E-state index contributed by atoms with van der Waals surface area (Å²) in [7, 11) is 0. The zero-order valence-electron chi connectivity index (χ0n) is 11.8. The Hall–Kier alpha value is -1.36. The molecule has 104 valence electrons. The summed E-state index contributed by atoms with van der Waals surface area (Å²) in [6, 6.07) is 14.4. The lowest BCUT2D eigenvalue weighted by Gasteiger charge is -2.05. The van der Waals surface area contributed by atoms with Crippen LogP contribution in [-0.2, 0) is 6.42 Å². The molecule has 0 atom stereocenters. The second-order valence-corrected chi connectivity index (χ2v) is 5.56. The molecule has 2 nitrogen and oxygen atoms in total. The molecule has 0 aliphatic heterocycles. The molecule has 0 amide bonds. The normalized spacial score (nSPS) is 10.9. The first-order chi connectivity index (χ1) is 9.72. The van der Waals surface area contributed by atoms with E-state index in [4.69, 9.17) is 4.74 Å². The second kappa shape index (κ2) is 7.43. The molecule has 3 heteroatoms. The fraction of sp³-hybridized carbons (Fsp3) is 0.235. The van der Waals surface area contributed by atoms with Gasteiger partial charge < -0.3 is 4.74 Å². The lowest BCUT2D eigenvalue weighted by Crippen LogP contribution is -1.94. The van der Waals surface area contributed by atoms with Gasteiger partial charge in [0.2, 0.25) is 0 Å². The molecule has 0 aliphatic carbocycles. The summed E-state index contributed by atoms with van der Waals surface area (Å²) in [5, 5.41) is 0. The van der Waals surface area contributed by atoms with Crippen LogP contribution in [0.4, 0.5) is 5.69 Å². The summed E-state index contributed by atoms with van der Waals surface area (Å²) in [5.41, 5.74) is 3.39. The smallest absolute Gasteiger partial charge is 0.132 e. The highest BCUT2D eigenvalue weighted by Crippen LogP contribution is 2.22. The third kappa shape index (κ3) is 4.07. The summed E-state index contributed by atoms with van der Waals surface area (Å²) >= 11 is 2.29. The van der Waals surface area contributed by atoms with Gasteiger partial charge in [0.25, 0.3) is 0 Å². The summed E-state index contributed by atoms with van der Waals surface area (Å²) in [6.45, 7) is 4.83. The largest absolute Gasteiger partial charge is 0.493 e. The predicted molar refractivity (Wildman–Crippen MR) is 93.4 cm³/mol. The third-order valence-electron chi connectivity index (χ3n) is 2.96. The molecule has 0 saturated carbocycles.